The lowest BCUT2D eigenvalue weighted by molar-refractivity contribution is 0.391. The standard InChI is InChI=1S/C12H23N5S/c1-13-9-10-3-6-17(7-4-10)12-14-11(15-16-12)5-8-18-2/h10,13H,3-9H2,1-2H3,(H,14,15,16). The van der Waals surface area contributed by atoms with Crippen molar-refractivity contribution in [1.29, 1.82) is 0 Å². The molecule has 1 aliphatic rings. The van der Waals surface area contributed by atoms with Crippen molar-refractivity contribution in [2.24, 2.45) is 5.92 Å². The summed E-state index contributed by atoms with van der Waals surface area (Å²) in [6.45, 7) is 3.28. The van der Waals surface area contributed by atoms with E-state index in [1.807, 2.05) is 18.8 Å². The Morgan fingerprint density at radius 1 is 1.44 bits per heavy atom. The van der Waals surface area contributed by atoms with E-state index in [1.54, 1.807) is 0 Å². The van der Waals surface area contributed by atoms with Crippen LogP contribution in [0.15, 0.2) is 0 Å². The Bertz CT molecular complexity index is 346. The summed E-state index contributed by atoms with van der Waals surface area (Å²) >= 11 is 1.84. The number of aryl methyl sites for hydroxylation is 1. The summed E-state index contributed by atoms with van der Waals surface area (Å²) < 4.78 is 0. The van der Waals surface area contributed by atoms with Crippen LogP contribution in [-0.4, -0.2) is 53.9 Å². The third kappa shape index (κ3) is 3.62. The van der Waals surface area contributed by atoms with Gasteiger partial charge >= 0.3 is 0 Å². The van der Waals surface area contributed by atoms with E-state index in [-0.39, 0.29) is 0 Å². The van der Waals surface area contributed by atoms with Crippen LogP contribution >= 0.6 is 11.8 Å². The molecule has 2 N–H and O–H groups in total. The Labute approximate surface area is 113 Å². The van der Waals surface area contributed by atoms with Crippen LogP contribution in [0.2, 0.25) is 0 Å². The number of aromatic amines is 1. The van der Waals surface area contributed by atoms with Crippen molar-refractivity contribution >= 4 is 17.7 Å². The van der Waals surface area contributed by atoms with E-state index in [0.29, 0.717) is 0 Å². The van der Waals surface area contributed by atoms with Gasteiger partial charge in [-0.2, -0.15) is 16.7 Å². The van der Waals surface area contributed by atoms with Crippen LogP contribution < -0.4 is 10.2 Å². The van der Waals surface area contributed by atoms with Gasteiger partial charge in [0.1, 0.15) is 5.82 Å². The van der Waals surface area contributed by atoms with Crippen molar-refractivity contribution in [3.8, 4) is 0 Å². The normalized spacial score (nSPS) is 17.3. The molecule has 0 saturated carbocycles. The number of hydrogen-bond donors (Lipinski definition) is 2. The zero-order valence-electron chi connectivity index (χ0n) is 11.3. The number of H-pyrrole nitrogens is 1. The van der Waals surface area contributed by atoms with Gasteiger partial charge in [-0.15, -0.1) is 5.10 Å². The summed E-state index contributed by atoms with van der Waals surface area (Å²) in [6, 6.07) is 0. The maximum Gasteiger partial charge on any atom is 0.244 e. The molecule has 1 aliphatic heterocycles. The number of nitrogens with one attached hydrogen (secondary N) is 2. The van der Waals surface area contributed by atoms with E-state index < -0.39 is 0 Å². The number of hydrogen-bond acceptors (Lipinski definition) is 5. The van der Waals surface area contributed by atoms with Crippen molar-refractivity contribution in [2.75, 3.05) is 43.6 Å². The second-order valence-electron chi connectivity index (χ2n) is 4.81. The van der Waals surface area contributed by atoms with Gasteiger partial charge < -0.3 is 10.2 Å². The van der Waals surface area contributed by atoms with Gasteiger partial charge in [0.05, 0.1) is 0 Å². The lowest BCUT2D eigenvalue weighted by Gasteiger charge is -2.30. The summed E-state index contributed by atoms with van der Waals surface area (Å²) in [5.41, 5.74) is 0. The van der Waals surface area contributed by atoms with Crippen molar-refractivity contribution in [3.63, 3.8) is 0 Å². The Morgan fingerprint density at radius 3 is 2.89 bits per heavy atom. The summed E-state index contributed by atoms with van der Waals surface area (Å²) in [5, 5.41) is 10.6. The third-order valence-corrected chi connectivity index (χ3v) is 4.07. The van der Waals surface area contributed by atoms with Crippen LogP contribution in [0.4, 0.5) is 5.95 Å². The molecule has 2 rings (SSSR count). The minimum Gasteiger partial charge on any atom is -0.340 e. The predicted molar refractivity (Wildman–Crippen MR) is 77.3 cm³/mol. The highest BCUT2D eigenvalue weighted by Gasteiger charge is 2.21. The van der Waals surface area contributed by atoms with Gasteiger partial charge in [0.15, 0.2) is 0 Å². The van der Waals surface area contributed by atoms with Crippen LogP contribution in [0.25, 0.3) is 0 Å². The number of anilines is 1. The molecule has 0 bridgehead atoms. The fourth-order valence-corrected chi connectivity index (χ4v) is 2.76. The predicted octanol–water partition coefficient (Wildman–Crippen LogP) is 1.15. The molecule has 1 aromatic rings. The fourth-order valence-electron chi connectivity index (χ4n) is 2.36. The molecule has 5 nitrogen and oxygen atoms in total. The van der Waals surface area contributed by atoms with Gasteiger partial charge in [-0.25, -0.2) is 0 Å². The van der Waals surface area contributed by atoms with Gasteiger partial charge in [0, 0.05) is 25.3 Å². The molecule has 0 atom stereocenters. The number of rotatable bonds is 6. The summed E-state index contributed by atoms with van der Waals surface area (Å²) in [4.78, 5) is 6.87. The third-order valence-electron chi connectivity index (χ3n) is 3.45. The first-order valence-electron chi connectivity index (χ1n) is 6.63. The van der Waals surface area contributed by atoms with Crippen LogP contribution in [0.5, 0.6) is 0 Å². The monoisotopic (exact) mass is 269 g/mol. The second-order valence-corrected chi connectivity index (χ2v) is 5.80. The van der Waals surface area contributed by atoms with E-state index in [4.69, 9.17) is 0 Å². The number of nitrogens with zero attached hydrogens (tertiary/aromatic N) is 3. The highest BCUT2D eigenvalue weighted by molar-refractivity contribution is 7.98. The van der Waals surface area contributed by atoms with E-state index >= 15 is 0 Å². The lowest BCUT2D eigenvalue weighted by atomic mass is 9.97. The molecule has 0 amide bonds. The quantitative estimate of drug-likeness (QED) is 0.811. The molecule has 6 heteroatoms. The summed E-state index contributed by atoms with van der Waals surface area (Å²) in [6.07, 6.45) is 5.55. The molecule has 2 heterocycles. The van der Waals surface area contributed by atoms with Crippen molar-refractivity contribution in [1.82, 2.24) is 20.5 Å². The van der Waals surface area contributed by atoms with Crippen molar-refractivity contribution < 1.29 is 0 Å². The first-order valence-corrected chi connectivity index (χ1v) is 8.02. The van der Waals surface area contributed by atoms with Crippen molar-refractivity contribution in [2.45, 2.75) is 19.3 Å². The highest BCUT2D eigenvalue weighted by Crippen LogP contribution is 2.20. The fraction of sp³-hybridized carbons (Fsp3) is 0.833. The zero-order valence-corrected chi connectivity index (χ0v) is 12.1. The highest BCUT2D eigenvalue weighted by atomic mass is 32.2. The van der Waals surface area contributed by atoms with Crippen LogP contribution in [0, 0.1) is 5.92 Å². The number of aromatic nitrogens is 3. The van der Waals surface area contributed by atoms with Gasteiger partial charge in [-0.3, -0.25) is 5.10 Å². The second kappa shape index (κ2) is 6.99. The average molecular weight is 269 g/mol. The average Bonchev–Trinajstić information content (AvgIpc) is 2.86. The maximum atomic E-state index is 4.57. The molecule has 1 aromatic heterocycles. The molecule has 1 fully saturated rings. The minimum absolute atomic E-state index is 0.807. The molecule has 102 valence electrons. The summed E-state index contributed by atoms with van der Waals surface area (Å²) in [7, 11) is 2.03. The van der Waals surface area contributed by atoms with Crippen LogP contribution in [-0.2, 0) is 6.42 Å². The van der Waals surface area contributed by atoms with Crippen LogP contribution in [0.3, 0.4) is 0 Å². The van der Waals surface area contributed by atoms with Gasteiger partial charge in [0.25, 0.3) is 0 Å². The molecule has 0 aliphatic carbocycles. The molecule has 1 saturated heterocycles. The Morgan fingerprint density at radius 2 is 2.22 bits per heavy atom. The minimum atomic E-state index is 0.807. The Hall–Kier alpha value is -0.750. The molecule has 0 unspecified atom stereocenters. The summed E-state index contributed by atoms with van der Waals surface area (Å²) in [5.74, 6) is 3.80. The van der Waals surface area contributed by atoms with Crippen LogP contribution in [0.1, 0.15) is 18.7 Å². The van der Waals surface area contributed by atoms with E-state index in [1.165, 1.54) is 12.8 Å². The largest absolute Gasteiger partial charge is 0.340 e. The van der Waals surface area contributed by atoms with E-state index in [2.05, 4.69) is 31.7 Å². The first kappa shape index (κ1) is 13.7. The van der Waals surface area contributed by atoms with Gasteiger partial charge in [-0.1, -0.05) is 0 Å². The molecule has 18 heavy (non-hydrogen) atoms. The number of piperidine rings is 1. The Kier molecular flexibility index (Phi) is 5.31. The maximum absolute atomic E-state index is 4.57. The Balaban J connectivity index is 1.83. The molecular weight excluding hydrogens is 246 g/mol. The molecule has 0 aromatic carbocycles. The smallest absolute Gasteiger partial charge is 0.244 e. The molecule has 0 radical (unpaired) electrons. The first-order chi connectivity index (χ1) is 8.83. The zero-order chi connectivity index (χ0) is 12.8. The van der Waals surface area contributed by atoms with E-state index in [9.17, 15) is 0 Å². The molecular formula is C12H23N5S. The van der Waals surface area contributed by atoms with Gasteiger partial charge in [0.2, 0.25) is 5.95 Å². The number of thioether (sulfide) groups is 1. The topological polar surface area (TPSA) is 56.8 Å². The molecule has 0 spiro atoms. The van der Waals surface area contributed by atoms with Crippen molar-refractivity contribution in [3.05, 3.63) is 5.82 Å². The SMILES string of the molecule is CNCC1CCN(c2n[nH]c(CCSC)n2)CC1. The van der Waals surface area contributed by atoms with Gasteiger partial charge in [-0.05, 0) is 38.6 Å². The van der Waals surface area contributed by atoms with E-state index in [0.717, 1.165) is 49.5 Å². The lowest BCUT2D eigenvalue weighted by Crippen LogP contribution is -2.37.